The van der Waals surface area contributed by atoms with Crippen molar-refractivity contribution in [2.75, 3.05) is 24.1 Å². The lowest BCUT2D eigenvalue weighted by Crippen LogP contribution is -2.29. The zero-order valence-corrected chi connectivity index (χ0v) is 12.9. The summed E-state index contributed by atoms with van der Waals surface area (Å²) in [4.78, 5) is 11.5. The van der Waals surface area contributed by atoms with Crippen LogP contribution in [-0.2, 0) is 10.2 Å². The highest BCUT2D eigenvalue weighted by Crippen LogP contribution is 2.24. The minimum absolute atomic E-state index is 0.156. The standard InChI is InChI=1S/C10H12BrClN2O3S/c1-14(2)18(16,17)13-9-5-7(10(15)6-11)3-4-8(9)12/h3-5,13H,6H2,1-2H3. The Hall–Kier alpha value is -0.630. The van der Waals surface area contributed by atoms with E-state index in [4.69, 9.17) is 11.6 Å². The fourth-order valence-corrected chi connectivity index (χ4v) is 2.26. The first kappa shape index (κ1) is 15.4. The lowest BCUT2D eigenvalue weighted by atomic mass is 10.1. The van der Waals surface area contributed by atoms with Gasteiger partial charge in [-0.15, -0.1) is 0 Å². The molecule has 1 N–H and O–H groups in total. The number of ketones is 1. The number of rotatable bonds is 5. The average Bonchev–Trinajstić information content (AvgIpc) is 2.30. The molecule has 0 amide bonds. The van der Waals surface area contributed by atoms with Crippen LogP contribution in [0.15, 0.2) is 18.2 Å². The summed E-state index contributed by atoms with van der Waals surface area (Å²) in [5, 5.41) is 0.389. The van der Waals surface area contributed by atoms with Gasteiger partial charge in [-0.1, -0.05) is 27.5 Å². The summed E-state index contributed by atoms with van der Waals surface area (Å²) in [6.07, 6.45) is 0. The molecule has 0 saturated heterocycles. The maximum absolute atomic E-state index is 11.7. The summed E-state index contributed by atoms with van der Waals surface area (Å²) < 4.78 is 26.6. The molecule has 0 radical (unpaired) electrons. The van der Waals surface area contributed by atoms with E-state index in [1.807, 2.05) is 0 Å². The van der Waals surface area contributed by atoms with Gasteiger partial charge in [-0.2, -0.15) is 12.7 Å². The first-order valence-corrected chi connectivity index (χ1v) is 7.81. The van der Waals surface area contributed by atoms with Crippen LogP contribution in [0.1, 0.15) is 10.4 Å². The quantitative estimate of drug-likeness (QED) is 0.650. The van der Waals surface area contributed by atoms with Gasteiger partial charge >= 0.3 is 10.2 Å². The maximum atomic E-state index is 11.7. The lowest BCUT2D eigenvalue weighted by Gasteiger charge is -2.14. The third-order valence-corrected chi connectivity index (χ3v) is 4.41. The highest BCUT2D eigenvalue weighted by molar-refractivity contribution is 9.09. The van der Waals surface area contributed by atoms with Crippen molar-refractivity contribution in [1.82, 2.24) is 4.31 Å². The minimum Gasteiger partial charge on any atom is -0.293 e. The highest BCUT2D eigenvalue weighted by atomic mass is 79.9. The number of nitrogens with zero attached hydrogens (tertiary/aromatic N) is 1. The third kappa shape index (κ3) is 3.68. The number of hydrogen-bond acceptors (Lipinski definition) is 3. The highest BCUT2D eigenvalue weighted by Gasteiger charge is 2.16. The predicted molar refractivity (Wildman–Crippen MR) is 75.8 cm³/mol. The second kappa shape index (κ2) is 6.01. The van der Waals surface area contributed by atoms with E-state index >= 15 is 0 Å². The molecule has 1 aromatic rings. The SMILES string of the molecule is CN(C)S(=O)(=O)Nc1cc(C(=O)CBr)ccc1Cl. The largest absolute Gasteiger partial charge is 0.301 e. The maximum Gasteiger partial charge on any atom is 0.301 e. The zero-order chi connectivity index (χ0) is 13.9. The Kier molecular flexibility index (Phi) is 5.15. The van der Waals surface area contributed by atoms with Crippen molar-refractivity contribution < 1.29 is 13.2 Å². The number of benzene rings is 1. The van der Waals surface area contributed by atoms with E-state index < -0.39 is 10.2 Å². The Morgan fingerprint density at radius 2 is 2.06 bits per heavy atom. The van der Waals surface area contributed by atoms with Gasteiger partial charge in [-0.25, -0.2) is 0 Å². The van der Waals surface area contributed by atoms with E-state index in [1.54, 1.807) is 6.07 Å². The number of hydrogen-bond donors (Lipinski definition) is 1. The van der Waals surface area contributed by atoms with Crippen molar-refractivity contribution in [1.29, 1.82) is 0 Å². The van der Waals surface area contributed by atoms with Crippen LogP contribution >= 0.6 is 27.5 Å². The van der Waals surface area contributed by atoms with E-state index in [0.717, 1.165) is 4.31 Å². The van der Waals surface area contributed by atoms with Crippen LogP contribution in [0.3, 0.4) is 0 Å². The van der Waals surface area contributed by atoms with Crippen LogP contribution in [0, 0.1) is 0 Å². The van der Waals surface area contributed by atoms with Gasteiger partial charge in [0, 0.05) is 19.7 Å². The van der Waals surface area contributed by atoms with Crippen molar-refractivity contribution in [2.24, 2.45) is 0 Å². The summed E-state index contributed by atoms with van der Waals surface area (Å²) in [5.74, 6) is -0.156. The van der Waals surface area contributed by atoms with Crippen molar-refractivity contribution in [2.45, 2.75) is 0 Å². The van der Waals surface area contributed by atoms with Crippen molar-refractivity contribution in [3.8, 4) is 0 Å². The number of carbonyl (C=O) groups is 1. The second-order valence-electron chi connectivity index (χ2n) is 3.64. The summed E-state index contributed by atoms with van der Waals surface area (Å²) in [5.41, 5.74) is 0.560. The number of alkyl halides is 1. The lowest BCUT2D eigenvalue weighted by molar-refractivity contribution is 0.102. The van der Waals surface area contributed by atoms with Crippen LogP contribution in [-0.4, -0.2) is 37.9 Å². The fraction of sp³-hybridized carbons (Fsp3) is 0.300. The molecule has 0 aliphatic rings. The molecular formula is C10H12BrClN2O3S. The van der Waals surface area contributed by atoms with Crippen LogP contribution < -0.4 is 4.72 Å². The fourth-order valence-electron chi connectivity index (χ4n) is 1.08. The summed E-state index contributed by atoms with van der Waals surface area (Å²) in [6, 6.07) is 4.43. The summed E-state index contributed by atoms with van der Waals surface area (Å²) >= 11 is 8.94. The number of nitrogens with one attached hydrogen (secondary N) is 1. The van der Waals surface area contributed by atoms with E-state index in [2.05, 4.69) is 20.7 Å². The van der Waals surface area contributed by atoms with Gasteiger partial charge in [0.2, 0.25) is 0 Å². The molecule has 1 aromatic carbocycles. The van der Waals surface area contributed by atoms with Gasteiger partial charge in [0.1, 0.15) is 0 Å². The number of carbonyl (C=O) groups excluding carboxylic acids is 1. The van der Waals surface area contributed by atoms with Gasteiger partial charge in [-0.3, -0.25) is 9.52 Å². The van der Waals surface area contributed by atoms with E-state index in [1.165, 1.54) is 26.2 Å². The molecule has 0 fully saturated rings. The molecule has 0 aliphatic heterocycles. The third-order valence-electron chi connectivity index (χ3n) is 2.13. The molecule has 100 valence electrons. The molecule has 0 heterocycles. The van der Waals surface area contributed by atoms with E-state index in [9.17, 15) is 13.2 Å². The Morgan fingerprint density at radius 3 is 2.56 bits per heavy atom. The number of halogens is 2. The van der Waals surface area contributed by atoms with Crippen LogP contribution in [0.25, 0.3) is 0 Å². The molecule has 1 rings (SSSR count). The summed E-state index contributed by atoms with van der Waals surface area (Å²) in [6.45, 7) is 0. The van der Waals surface area contributed by atoms with Gasteiger partial charge in [0.15, 0.2) is 5.78 Å². The normalized spacial score (nSPS) is 11.6. The molecule has 0 saturated carbocycles. The molecule has 0 spiro atoms. The Labute approximate surface area is 119 Å². The predicted octanol–water partition coefficient (Wildman–Crippen LogP) is 2.14. The monoisotopic (exact) mass is 354 g/mol. The molecule has 8 heteroatoms. The number of Topliss-reactive ketones (excluding diaryl/α,β-unsaturated/α-hetero) is 1. The first-order valence-electron chi connectivity index (χ1n) is 4.87. The topological polar surface area (TPSA) is 66.5 Å². The molecule has 0 aromatic heterocycles. The molecule has 0 bridgehead atoms. The Bertz CT molecular complexity index is 560. The minimum atomic E-state index is -3.65. The molecule has 0 atom stereocenters. The Balaban J connectivity index is 3.13. The zero-order valence-electron chi connectivity index (χ0n) is 9.78. The molecule has 18 heavy (non-hydrogen) atoms. The van der Waals surface area contributed by atoms with Gasteiger partial charge in [0.25, 0.3) is 0 Å². The van der Waals surface area contributed by atoms with Crippen LogP contribution in [0.5, 0.6) is 0 Å². The van der Waals surface area contributed by atoms with Crippen molar-refractivity contribution >= 4 is 49.2 Å². The van der Waals surface area contributed by atoms with E-state index in [-0.39, 0.29) is 21.8 Å². The van der Waals surface area contributed by atoms with Gasteiger partial charge in [-0.05, 0) is 18.2 Å². The van der Waals surface area contributed by atoms with Crippen LogP contribution in [0.4, 0.5) is 5.69 Å². The summed E-state index contributed by atoms with van der Waals surface area (Å²) in [7, 11) is -0.862. The smallest absolute Gasteiger partial charge is 0.293 e. The van der Waals surface area contributed by atoms with Crippen LogP contribution in [0.2, 0.25) is 5.02 Å². The average molecular weight is 356 g/mol. The first-order chi connectivity index (χ1) is 8.27. The van der Waals surface area contributed by atoms with E-state index in [0.29, 0.717) is 5.56 Å². The number of anilines is 1. The molecule has 5 nitrogen and oxygen atoms in total. The second-order valence-corrected chi connectivity index (χ2v) is 6.49. The van der Waals surface area contributed by atoms with Gasteiger partial charge in [0.05, 0.1) is 16.0 Å². The molecular weight excluding hydrogens is 344 g/mol. The molecule has 0 unspecified atom stereocenters. The van der Waals surface area contributed by atoms with Crippen molar-refractivity contribution in [3.05, 3.63) is 28.8 Å². The van der Waals surface area contributed by atoms with Crippen molar-refractivity contribution in [3.63, 3.8) is 0 Å². The molecule has 0 aliphatic carbocycles. The van der Waals surface area contributed by atoms with Gasteiger partial charge < -0.3 is 0 Å². The Morgan fingerprint density at radius 1 is 1.44 bits per heavy atom.